The predicted molar refractivity (Wildman–Crippen MR) is 89.0 cm³/mol. The molecule has 1 unspecified atom stereocenters. The second-order valence-corrected chi connectivity index (χ2v) is 6.09. The van der Waals surface area contributed by atoms with Gasteiger partial charge in [-0.15, -0.1) is 0 Å². The SMILES string of the molecule is O=C(CCc1cnoc1-c1ccc(F)cc1)NC1CCCCNC1=O. The summed E-state index contributed by atoms with van der Waals surface area (Å²) in [6.07, 6.45) is 4.70. The van der Waals surface area contributed by atoms with E-state index in [1.165, 1.54) is 12.1 Å². The van der Waals surface area contributed by atoms with Crippen LogP contribution in [0.2, 0.25) is 0 Å². The van der Waals surface area contributed by atoms with Crippen LogP contribution < -0.4 is 10.6 Å². The normalized spacial score (nSPS) is 17.6. The Morgan fingerprint density at radius 3 is 2.92 bits per heavy atom. The predicted octanol–water partition coefficient (Wildman–Crippen LogP) is 2.20. The molecule has 1 aliphatic heterocycles. The number of carbonyl (C=O) groups excluding carboxylic acids is 2. The Kier molecular flexibility index (Phi) is 5.42. The van der Waals surface area contributed by atoms with E-state index < -0.39 is 6.04 Å². The first-order valence-corrected chi connectivity index (χ1v) is 8.40. The van der Waals surface area contributed by atoms with E-state index in [1.807, 2.05) is 0 Å². The van der Waals surface area contributed by atoms with Crippen molar-refractivity contribution in [3.8, 4) is 11.3 Å². The summed E-state index contributed by atoms with van der Waals surface area (Å²) in [4.78, 5) is 24.0. The minimum Gasteiger partial charge on any atom is -0.356 e. The van der Waals surface area contributed by atoms with E-state index in [9.17, 15) is 14.0 Å². The number of benzene rings is 1. The second-order valence-electron chi connectivity index (χ2n) is 6.09. The molecule has 2 aromatic rings. The summed E-state index contributed by atoms with van der Waals surface area (Å²) in [5.41, 5.74) is 1.48. The molecule has 2 amide bonds. The van der Waals surface area contributed by atoms with Crippen LogP contribution in [0.25, 0.3) is 11.3 Å². The molecule has 3 rings (SSSR count). The number of aromatic nitrogens is 1. The quantitative estimate of drug-likeness (QED) is 0.870. The van der Waals surface area contributed by atoms with Crippen molar-refractivity contribution in [3.63, 3.8) is 0 Å². The monoisotopic (exact) mass is 345 g/mol. The van der Waals surface area contributed by atoms with Gasteiger partial charge in [0.25, 0.3) is 0 Å². The maximum atomic E-state index is 13.0. The zero-order valence-electron chi connectivity index (χ0n) is 13.8. The average molecular weight is 345 g/mol. The molecule has 1 aromatic heterocycles. The van der Waals surface area contributed by atoms with Crippen LogP contribution in [0.15, 0.2) is 35.0 Å². The zero-order valence-corrected chi connectivity index (χ0v) is 13.8. The fourth-order valence-electron chi connectivity index (χ4n) is 2.87. The number of halogens is 1. The van der Waals surface area contributed by atoms with Gasteiger partial charge >= 0.3 is 0 Å². The van der Waals surface area contributed by atoms with Gasteiger partial charge in [-0.1, -0.05) is 5.16 Å². The highest BCUT2D eigenvalue weighted by atomic mass is 19.1. The first-order chi connectivity index (χ1) is 12.1. The maximum Gasteiger partial charge on any atom is 0.242 e. The smallest absolute Gasteiger partial charge is 0.242 e. The summed E-state index contributed by atoms with van der Waals surface area (Å²) in [7, 11) is 0. The summed E-state index contributed by atoms with van der Waals surface area (Å²) >= 11 is 0. The topological polar surface area (TPSA) is 84.2 Å². The molecule has 1 aliphatic rings. The van der Waals surface area contributed by atoms with Crippen LogP contribution in [-0.2, 0) is 16.0 Å². The van der Waals surface area contributed by atoms with Crippen LogP contribution in [0, 0.1) is 5.82 Å². The first kappa shape index (κ1) is 17.1. The van der Waals surface area contributed by atoms with Gasteiger partial charge in [-0.2, -0.15) is 0 Å². The lowest BCUT2D eigenvalue weighted by molar-refractivity contribution is -0.128. The van der Waals surface area contributed by atoms with Gasteiger partial charge in [0, 0.05) is 24.1 Å². The van der Waals surface area contributed by atoms with E-state index in [-0.39, 0.29) is 24.1 Å². The van der Waals surface area contributed by atoms with Crippen molar-refractivity contribution in [1.29, 1.82) is 0 Å². The molecular formula is C18H20FN3O3. The lowest BCUT2D eigenvalue weighted by Crippen LogP contribution is -2.45. The summed E-state index contributed by atoms with van der Waals surface area (Å²) in [6.45, 7) is 0.660. The summed E-state index contributed by atoms with van der Waals surface area (Å²) in [5, 5.41) is 9.36. The van der Waals surface area contributed by atoms with Crippen LogP contribution in [0.3, 0.4) is 0 Å². The van der Waals surface area contributed by atoms with E-state index in [1.54, 1.807) is 18.3 Å². The van der Waals surface area contributed by atoms with Crippen molar-refractivity contribution in [2.45, 2.75) is 38.1 Å². The molecule has 0 aliphatic carbocycles. The highest BCUT2D eigenvalue weighted by Crippen LogP contribution is 2.24. The Hall–Kier alpha value is -2.70. The van der Waals surface area contributed by atoms with Crippen LogP contribution >= 0.6 is 0 Å². The van der Waals surface area contributed by atoms with Crippen LogP contribution in [0.5, 0.6) is 0 Å². The minimum absolute atomic E-state index is 0.122. The summed E-state index contributed by atoms with van der Waals surface area (Å²) in [5.74, 6) is -0.109. The Bertz CT molecular complexity index is 742. The molecule has 0 radical (unpaired) electrons. The van der Waals surface area contributed by atoms with Crippen molar-refractivity contribution in [2.75, 3.05) is 6.54 Å². The third kappa shape index (κ3) is 4.43. The van der Waals surface area contributed by atoms with Crippen molar-refractivity contribution >= 4 is 11.8 Å². The molecule has 1 atom stereocenters. The molecule has 0 spiro atoms. The molecule has 0 bridgehead atoms. The fraction of sp³-hybridized carbons (Fsp3) is 0.389. The largest absolute Gasteiger partial charge is 0.356 e. The van der Waals surface area contributed by atoms with Gasteiger partial charge in [0.2, 0.25) is 11.8 Å². The van der Waals surface area contributed by atoms with E-state index >= 15 is 0 Å². The number of carbonyl (C=O) groups is 2. The molecular weight excluding hydrogens is 325 g/mol. The average Bonchev–Trinajstić information content (AvgIpc) is 2.98. The Morgan fingerprint density at radius 2 is 2.12 bits per heavy atom. The molecule has 6 nitrogen and oxygen atoms in total. The highest BCUT2D eigenvalue weighted by molar-refractivity contribution is 5.87. The second kappa shape index (κ2) is 7.92. The number of hydrogen-bond donors (Lipinski definition) is 2. The zero-order chi connectivity index (χ0) is 17.6. The van der Waals surface area contributed by atoms with Crippen molar-refractivity contribution in [2.24, 2.45) is 0 Å². The van der Waals surface area contributed by atoms with Crippen molar-refractivity contribution in [1.82, 2.24) is 15.8 Å². The molecule has 0 saturated carbocycles. The maximum absolute atomic E-state index is 13.0. The number of nitrogens with one attached hydrogen (secondary N) is 2. The van der Waals surface area contributed by atoms with E-state index in [2.05, 4.69) is 15.8 Å². The molecule has 7 heteroatoms. The van der Waals surface area contributed by atoms with Gasteiger partial charge in [0.15, 0.2) is 5.76 Å². The standard InChI is InChI=1S/C18H20FN3O3/c19-14-7-4-12(5-8-14)17-13(11-21-25-17)6-9-16(23)22-15-3-1-2-10-20-18(15)24/h4-5,7-8,11,15H,1-3,6,9-10H2,(H,20,24)(H,22,23). The Morgan fingerprint density at radius 1 is 1.32 bits per heavy atom. The first-order valence-electron chi connectivity index (χ1n) is 8.40. The summed E-state index contributed by atoms with van der Waals surface area (Å²) in [6, 6.07) is 5.44. The van der Waals surface area contributed by atoms with E-state index in [4.69, 9.17) is 4.52 Å². The highest BCUT2D eigenvalue weighted by Gasteiger charge is 2.22. The molecule has 25 heavy (non-hydrogen) atoms. The molecule has 1 fully saturated rings. The molecule has 2 heterocycles. The van der Waals surface area contributed by atoms with Crippen LogP contribution in [0.1, 0.15) is 31.2 Å². The summed E-state index contributed by atoms with van der Waals surface area (Å²) < 4.78 is 18.3. The minimum atomic E-state index is -0.464. The van der Waals surface area contributed by atoms with Gasteiger partial charge in [-0.25, -0.2) is 4.39 Å². The number of rotatable bonds is 5. The third-order valence-corrected chi connectivity index (χ3v) is 4.24. The third-order valence-electron chi connectivity index (χ3n) is 4.24. The number of amides is 2. The molecule has 1 aromatic carbocycles. The van der Waals surface area contributed by atoms with Crippen LogP contribution in [-0.4, -0.2) is 29.6 Å². The lowest BCUT2D eigenvalue weighted by Gasteiger charge is -2.15. The fourth-order valence-corrected chi connectivity index (χ4v) is 2.87. The van der Waals surface area contributed by atoms with Crippen LogP contribution in [0.4, 0.5) is 4.39 Å². The number of hydrogen-bond acceptors (Lipinski definition) is 4. The van der Waals surface area contributed by atoms with Gasteiger partial charge in [0.05, 0.1) is 6.20 Å². The van der Waals surface area contributed by atoms with Crippen molar-refractivity contribution < 1.29 is 18.5 Å². The van der Waals surface area contributed by atoms with E-state index in [0.29, 0.717) is 30.7 Å². The Labute approximate surface area is 144 Å². The number of aryl methyl sites for hydroxylation is 1. The van der Waals surface area contributed by atoms with Gasteiger partial charge in [-0.05, 0) is 49.9 Å². The van der Waals surface area contributed by atoms with Crippen molar-refractivity contribution in [3.05, 3.63) is 41.8 Å². The molecule has 1 saturated heterocycles. The van der Waals surface area contributed by atoms with E-state index in [0.717, 1.165) is 18.4 Å². The lowest BCUT2D eigenvalue weighted by atomic mass is 10.0. The van der Waals surface area contributed by atoms with Gasteiger partial charge in [-0.3, -0.25) is 9.59 Å². The molecule has 132 valence electrons. The Balaban J connectivity index is 1.58. The number of nitrogens with zero attached hydrogens (tertiary/aromatic N) is 1. The van der Waals surface area contributed by atoms with Gasteiger partial charge < -0.3 is 15.2 Å². The molecule has 2 N–H and O–H groups in total. The van der Waals surface area contributed by atoms with Gasteiger partial charge in [0.1, 0.15) is 11.9 Å².